The molecule has 0 bridgehead atoms. The Labute approximate surface area is 105 Å². The largest absolute Gasteiger partial charge is 0.330 e. The van der Waals surface area contributed by atoms with Gasteiger partial charge in [0.1, 0.15) is 0 Å². The summed E-state index contributed by atoms with van der Waals surface area (Å²) in [7, 11) is 0. The zero-order valence-electron chi connectivity index (χ0n) is 10.4. The van der Waals surface area contributed by atoms with Gasteiger partial charge in [0.05, 0.1) is 11.0 Å². The Morgan fingerprint density at radius 2 is 2.06 bits per heavy atom. The summed E-state index contributed by atoms with van der Waals surface area (Å²) < 4.78 is 2.06. The summed E-state index contributed by atoms with van der Waals surface area (Å²) in [5, 5.41) is 0. The minimum atomic E-state index is 0.710. The van der Waals surface area contributed by atoms with E-state index in [4.69, 9.17) is 5.73 Å². The number of para-hydroxylation sites is 2. The molecule has 0 radical (unpaired) electrons. The Morgan fingerprint density at radius 1 is 1.22 bits per heavy atom. The van der Waals surface area contributed by atoms with E-state index in [0.29, 0.717) is 6.54 Å². The topological polar surface area (TPSA) is 56.2 Å². The number of rotatable bonds is 3. The van der Waals surface area contributed by atoms with Crippen molar-refractivity contribution in [3.63, 3.8) is 0 Å². The maximum atomic E-state index is 5.57. The summed E-state index contributed by atoms with van der Waals surface area (Å²) in [5.74, 6) is 0.769. The lowest BCUT2D eigenvalue weighted by Crippen LogP contribution is -2.04. The van der Waals surface area contributed by atoms with Gasteiger partial charge in [0.25, 0.3) is 0 Å². The molecule has 2 aromatic heterocycles. The molecule has 18 heavy (non-hydrogen) atoms. The van der Waals surface area contributed by atoms with Gasteiger partial charge < -0.3 is 5.73 Å². The molecular formula is C14H16N4. The van der Waals surface area contributed by atoms with E-state index < -0.39 is 0 Å². The van der Waals surface area contributed by atoms with Crippen molar-refractivity contribution >= 4 is 16.8 Å². The van der Waals surface area contributed by atoms with Crippen LogP contribution in [0.25, 0.3) is 16.8 Å². The highest BCUT2D eigenvalue weighted by atomic mass is 15.1. The van der Waals surface area contributed by atoms with Gasteiger partial charge in [-0.2, -0.15) is 0 Å². The van der Waals surface area contributed by atoms with Crippen LogP contribution >= 0.6 is 0 Å². The van der Waals surface area contributed by atoms with E-state index in [1.54, 1.807) is 0 Å². The first-order chi connectivity index (χ1) is 8.79. The van der Waals surface area contributed by atoms with Gasteiger partial charge in [0, 0.05) is 11.9 Å². The quantitative estimate of drug-likeness (QED) is 0.762. The van der Waals surface area contributed by atoms with Crippen LogP contribution in [0.15, 0.2) is 30.5 Å². The van der Waals surface area contributed by atoms with Crippen LogP contribution in [0.2, 0.25) is 0 Å². The second-order valence-electron chi connectivity index (χ2n) is 4.51. The Balaban J connectivity index is 2.22. The van der Waals surface area contributed by atoms with Gasteiger partial charge in [-0.05, 0) is 44.0 Å². The van der Waals surface area contributed by atoms with Crippen LogP contribution in [0.3, 0.4) is 0 Å². The zero-order valence-corrected chi connectivity index (χ0v) is 10.4. The Hall–Kier alpha value is -1.94. The molecule has 0 aliphatic heterocycles. The van der Waals surface area contributed by atoms with E-state index in [9.17, 15) is 0 Å². The van der Waals surface area contributed by atoms with Crippen molar-refractivity contribution in [3.8, 4) is 0 Å². The molecule has 1 aromatic carbocycles. The lowest BCUT2D eigenvalue weighted by molar-refractivity contribution is 0.814. The van der Waals surface area contributed by atoms with Crippen LogP contribution in [0.4, 0.5) is 0 Å². The molecule has 2 heterocycles. The van der Waals surface area contributed by atoms with Crippen molar-refractivity contribution in [1.29, 1.82) is 0 Å². The predicted molar refractivity (Wildman–Crippen MR) is 72.6 cm³/mol. The summed E-state index contributed by atoms with van der Waals surface area (Å²) in [6.45, 7) is 2.74. The van der Waals surface area contributed by atoms with Gasteiger partial charge in [-0.1, -0.05) is 12.1 Å². The molecule has 0 amide bonds. The number of nitrogens with two attached hydrogens (primary N) is 1. The maximum absolute atomic E-state index is 5.57. The van der Waals surface area contributed by atoms with Gasteiger partial charge >= 0.3 is 0 Å². The van der Waals surface area contributed by atoms with Gasteiger partial charge in [-0.3, -0.25) is 4.40 Å². The molecule has 0 unspecified atom stereocenters. The molecule has 3 rings (SSSR count). The number of aryl methyl sites for hydroxylation is 2. The van der Waals surface area contributed by atoms with Crippen molar-refractivity contribution in [1.82, 2.24) is 14.4 Å². The fraction of sp³-hybridized carbons (Fsp3) is 0.286. The second-order valence-corrected chi connectivity index (χ2v) is 4.51. The van der Waals surface area contributed by atoms with E-state index in [0.717, 1.165) is 35.3 Å². The normalized spacial score (nSPS) is 11.4. The molecule has 0 saturated carbocycles. The highest BCUT2D eigenvalue weighted by Crippen LogP contribution is 2.17. The third kappa shape index (κ3) is 1.75. The SMILES string of the molecule is Cc1nc2nc3ccccc3n2cc1CCCN. The summed E-state index contributed by atoms with van der Waals surface area (Å²) >= 11 is 0. The molecule has 0 aliphatic rings. The number of aromatic nitrogens is 3. The van der Waals surface area contributed by atoms with Crippen molar-refractivity contribution in [2.24, 2.45) is 5.73 Å². The Kier molecular flexibility index (Phi) is 2.72. The predicted octanol–water partition coefficient (Wildman–Crippen LogP) is 2.08. The van der Waals surface area contributed by atoms with Gasteiger partial charge in [0.15, 0.2) is 0 Å². The number of hydrogen-bond acceptors (Lipinski definition) is 3. The molecule has 0 saturated heterocycles. The van der Waals surface area contributed by atoms with E-state index in [1.165, 1.54) is 5.56 Å². The van der Waals surface area contributed by atoms with Gasteiger partial charge in [-0.25, -0.2) is 9.97 Å². The Bertz CT molecular complexity index is 699. The van der Waals surface area contributed by atoms with Crippen LogP contribution in [0.1, 0.15) is 17.7 Å². The second kappa shape index (κ2) is 4.38. The molecule has 3 aromatic rings. The summed E-state index contributed by atoms with van der Waals surface area (Å²) in [4.78, 5) is 9.10. The first-order valence-corrected chi connectivity index (χ1v) is 6.23. The van der Waals surface area contributed by atoms with E-state index in [-0.39, 0.29) is 0 Å². The molecule has 4 nitrogen and oxygen atoms in total. The third-order valence-electron chi connectivity index (χ3n) is 3.24. The first kappa shape index (κ1) is 11.2. The number of benzene rings is 1. The zero-order chi connectivity index (χ0) is 12.5. The average Bonchev–Trinajstić information content (AvgIpc) is 2.73. The number of fused-ring (bicyclic) bond motifs is 3. The molecule has 92 valence electrons. The fourth-order valence-corrected chi connectivity index (χ4v) is 2.25. The van der Waals surface area contributed by atoms with E-state index in [1.807, 2.05) is 25.1 Å². The molecule has 2 N–H and O–H groups in total. The van der Waals surface area contributed by atoms with Crippen molar-refractivity contribution < 1.29 is 0 Å². The fourth-order valence-electron chi connectivity index (χ4n) is 2.25. The van der Waals surface area contributed by atoms with Crippen molar-refractivity contribution in [2.75, 3.05) is 6.54 Å². The van der Waals surface area contributed by atoms with Crippen LogP contribution in [0, 0.1) is 6.92 Å². The molecule has 0 spiro atoms. The van der Waals surface area contributed by atoms with Gasteiger partial charge in [-0.15, -0.1) is 0 Å². The monoisotopic (exact) mass is 240 g/mol. The smallest absolute Gasteiger partial charge is 0.235 e. The molecule has 4 heteroatoms. The first-order valence-electron chi connectivity index (χ1n) is 6.23. The van der Waals surface area contributed by atoms with Crippen LogP contribution in [0.5, 0.6) is 0 Å². The summed E-state index contributed by atoms with van der Waals surface area (Å²) in [6, 6.07) is 8.10. The van der Waals surface area contributed by atoms with Crippen LogP contribution < -0.4 is 5.73 Å². The van der Waals surface area contributed by atoms with E-state index >= 15 is 0 Å². The molecular weight excluding hydrogens is 224 g/mol. The standard InChI is InChI=1S/C14H16N4/c1-10-11(5-4-8-15)9-18-13-7-3-2-6-12(13)17-14(18)16-10/h2-3,6-7,9H,4-5,8,15H2,1H3. The van der Waals surface area contributed by atoms with Gasteiger partial charge in [0.2, 0.25) is 5.78 Å². The summed E-state index contributed by atoms with van der Waals surface area (Å²) in [5.41, 5.74) is 9.96. The minimum absolute atomic E-state index is 0.710. The molecule has 0 fully saturated rings. The highest BCUT2D eigenvalue weighted by molar-refractivity contribution is 5.79. The molecule has 0 aliphatic carbocycles. The number of nitrogens with zero attached hydrogens (tertiary/aromatic N) is 3. The lowest BCUT2D eigenvalue weighted by Gasteiger charge is -2.05. The molecule has 0 atom stereocenters. The average molecular weight is 240 g/mol. The lowest BCUT2D eigenvalue weighted by atomic mass is 10.1. The van der Waals surface area contributed by atoms with E-state index in [2.05, 4.69) is 26.6 Å². The maximum Gasteiger partial charge on any atom is 0.235 e. The van der Waals surface area contributed by atoms with Crippen molar-refractivity contribution in [2.45, 2.75) is 19.8 Å². The van der Waals surface area contributed by atoms with Crippen LogP contribution in [-0.2, 0) is 6.42 Å². The van der Waals surface area contributed by atoms with Crippen LogP contribution in [-0.4, -0.2) is 20.9 Å². The number of imidazole rings is 1. The minimum Gasteiger partial charge on any atom is -0.330 e. The van der Waals surface area contributed by atoms with Crippen molar-refractivity contribution in [3.05, 3.63) is 41.7 Å². The number of hydrogen-bond donors (Lipinski definition) is 1. The third-order valence-corrected chi connectivity index (χ3v) is 3.24. The highest BCUT2D eigenvalue weighted by Gasteiger charge is 2.08. The summed E-state index contributed by atoms with van der Waals surface area (Å²) in [6.07, 6.45) is 4.10. The Morgan fingerprint density at radius 3 is 2.89 bits per heavy atom.